The molecule has 5 nitrogen and oxygen atoms in total. The molecule has 17 heavy (non-hydrogen) atoms. The molecule has 0 spiro atoms. The Morgan fingerprint density at radius 3 is 2.65 bits per heavy atom. The van der Waals surface area contributed by atoms with Crippen LogP contribution in [0.4, 0.5) is 0 Å². The third kappa shape index (κ3) is 1.75. The van der Waals surface area contributed by atoms with E-state index in [1.54, 1.807) is 6.07 Å². The van der Waals surface area contributed by atoms with E-state index >= 15 is 0 Å². The third-order valence-electron chi connectivity index (χ3n) is 2.82. The van der Waals surface area contributed by atoms with Gasteiger partial charge < -0.3 is 5.11 Å². The summed E-state index contributed by atoms with van der Waals surface area (Å²) in [4.78, 5) is 22.6. The standard InChI is InChI=1S/C12H12N2O3/c1-7-4-3-5-10(8(7)2)14-11(15)9(6-13-14)12(16)17/h3-6,13H,1-2H3,(H,16,17). The van der Waals surface area contributed by atoms with Crippen LogP contribution in [0.3, 0.4) is 0 Å². The molecule has 2 N–H and O–H groups in total. The van der Waals surface area contributed by atoms with Gasteiger partial charge in [0, 0.05) is 6.20 Å². The van der Waals surface area contributed by atoms with Gasteiger partial charge in [-0.3, -0.25) is 9.89 Å². The fourth-order valence-corrected chi connectivity index (χ4v) is 1.68. The van der Waals surface area contributed by atoms with Crippen molar-refractivity contribution in [2.24, 2.45) is 0 Å². The Hall–Kier alpha value is -2.30. The van der Waals surface area contributed by atoms with Gasteiger partial charge in [0.2, 0.25) is 0 Å². The van der Waals surface area contributed by atoms with E-state index in [4.69, 9.17) is 5.11 Å². The Morgan fingerprint density at radius 1 is 1.35 bits per heavy atom. The van der Waals surface area contributed by atoms with Crippen molar-refractivity contribution in [3.8, 4) is 5.69 Å². The van der Waals surface area contributed by atoms with Crippen molar-refractivity contribution in [1.82, 2.24) is 9.78 Å². The molecule has 0 amide bonds. The topological polar surface area (TPSA) is 75.1 Å². The molecule has 0 bridgehead atoms. The lowest BCUT2D eigenvalue weighted by molar-refractivity contribution is 0.0695. The number of carbonyl (C=O) groups is 1. The number of hydrogen-bond acceptors (Lipinski definition) is 2. The third-order valence-corrected chi connectivity index (χ3v) is 2.82. The summed E-state index contributed by atoms with van der Waals surface area (Å²) in [5, 5.41) is 11.5. The van der Waals surface area contributed by atoms with Crippen LogP contribution in [0.2, 0.25) is 0 Å². The number of hydrogen-bond donors (Lipinski definition) is 2. The molecule has 0 saturated carbocycles. The van der Waals surface area contributed by atoms with Gasteiger partial charge in [-0.2, -0.15) is 0 Å². The lowest BCUT2D eigenvalue weighted by Gasteiger charge is -2.07. The van der Waals surface area contributed by atoms with E-state index in [1.165, 1.54) is 10.9 Å². The SMILES string of the molecule is Cc1cccc(-n2[nH]cc(C(=O)O)c2=O)c1C. The molecule has 0 atom stereocenters. The molecule has 2 rings (SSSR count). The highest BCUT2D eigenvalue weighted by Gasteiger charge is 2.15. The van der Waals surface area contributed by atoms with Crippen molar-refractivity contribution in [3.05, 3.63) is 51.4 Å². The monoisotopic (exact) mass is 232 g/mol. The normalized spacial score (nSPS) is 10.5. The van der Waals surface area contributed by atoms with Gasteiger partial charge in [0.05, 0.1) is 5.69 Å². The van der Waals surface area contributed by atoms with Gasteiger partial charge in [-0.1, -0.05) is 12.1 Å². The summed E-state index contributed by atoms with van der Waals surface area (Å²) in [5.41, 5.74) is 1.84. The number of aromatic carboxylic acids is 1. The molecule has 0 saturated heterocycles. The van der Waals surface area contributed by atoms with Crippen LogP contribution >= 0.6 is 0 Å². The number of aromatic amines is 1. The molecular formula is C12H12N2O3. The minimum Gasteiger partial charge on any atom is -0.477 e. The average molecular weight is 232 g/mol. The number of carboxylic acid groups (broad SMARTS) is 1. The van der Waals surface area contributed by atoms with E-state index in [9.17, 15) is 9.59 Å². The molecule has 1 aromatic carbocycles. The molecule has 5 heteroatoms. The van der Waals surface area contributed by atoms with Gasteiger partial charge in [-0.05, 0) is 31.0 Å². The van der Waals surface area contributed by atoms with Crippen LogP contribution < -0.4 is 5.56 Å². The lowest BCUT2D eigenvalue weighted by atomic mass is 10.1. The van der Waals surface area contributed by atoms with Crippen LogP contribution in [0, 0.1) is 13.8 Å². The van der Waals surface area contributed by atoms with Crippen LogP contribution in [-0.2, 0) is 0 Å². The number of benzene rings is 1. The summed E-state index contributed by atoms with van der Waals surface area (Å²) in [5.74, 6) is -1.23. The summed E-state index contributed by atoms with van der Waals surface area (Å²) < 4.78 is 1.24. The first-order valence-corrected chi connectivity index (χ1v) is 5.12. The minimum atomic E-state index is -1.23. The van der Waals surface area contributed by atoms with Gasteiger partial charge in [-0.25, -0.2) is 9.48 Å². The van der Waals surface area contributed by atoms with E-state index in [1.807, 2.05) is 26.0 Å². The highest BCUT2D eigenvalue weighted by molar-refractivity contribution is 5.86. The highest BCUT2D eigenvalue weighted by atomic mass is 16.4. The number of rotatable bonds is 2. The van der Waals surface area contributed by atoms with Gasteiger partial charge in [0.15, 0.2) is 0 Å². The van der Waals surface area contributed by atoms with Crippen LogP contribution in [0.25, 0.3) is 5.69 Å². The van der Waals surface area contributed by atoms with E-state index in [-0.39, 0.29) is 5.56 Å². The maximum atomic E-state index is 11.8. The summed E-state index contributed by atoms with van der Waals surface area (Å²) in [6, 6.07) is 5.53. The fraction of sp³-hybridized carbons (Fsp3) is 0.167. The van der Waals surface area contributed by atoms with E-state index in [0.29, 0.717) is 5.69 Å². The van der Waals surface area contributed by atoms with Crippen LogP contribution in [0.1, 0.15) is 21.5 Å². The number of nitrogens with zero attached hydrogens (tertiary/aromatic N) is 1. The quantitative estimate of drug-likeness (QED) is 0.823. The summed E-state index contributed by atoms with van der Waals surface area (Å²) >= 11 is 0. The number of carboxylic acids is 1. The van der Waals surface area contributed by atoms with Crippen molar-refractivity contribution in [3.63, 3.8) is 0 Å². The lowest BCUT2D eigenvalue weighted by Crippen LogP contribution is -2.20. The van der Waals surface area contributed by atoms with Crippen LogP contribution in [-0.4, -0.2) is 20.9 Å². The first kappa shape index (κ1) is 11.2. The average Bonchev–Trinajstić information content (AvgIpc) is 2.64. The Balaban J connectivity index is 2.66. The maximum absolute atomic E-state index is 11.8. The van der Waals surface area contributed by atoms with Crippen LogP contribution in [0.5, 0.6) is 0 Å². The molecule has 0 fully saturated rings. The zero-order valence-electron chi connectivity index (χ0n) is 9.52. The second-order valence-corrected chi connectivity index (χ2v) is 3.85. The zero-order valence-corrected chi connectivity index (χ0v) is 9.52. The van der Waals surface area contributed by atoms with Crippen molar-refractivity contribution in [2.45, 2.75) is 13.8 Å². The van der Waals surface area contributed by atoms with Gasteiger partial charge in [0.1, 0.15) is 5.56 Å². The second-order valence-electron chi connectivity index (χ2n) is 3.85. The van der Waals surface area contributed by atoms with Gasteiger partial charge in [-0.15, -0.1) is 0 Å². The molecule has 0 unspecified atom stereocenters. The summed E-state index contributed by atoms with van der Waals surface area (Å²) in [6.45, 7) is 3.82. The van der Waals surface area contributed by atoms with Crippen molar-refractivity contribution in [1.29, 1.82) is 0 Å². The minimum absolute atomic E-state index is 0.258. The van der Waals surface area contributed by atoms with E-state index < -0.39 is 11.5 Å². The smallest absolute Gasteiger partial charge is 0.342 e. The van der Waals surface area contributed by atoms with Gasteiger partial charge >= 0.3 is 5.97 Å². The number of aromatic nitrogens is 2. The number of aryl methyl sites for hydroxylation is 1. The van der Waals surface area contributed by atoms with E-state index in [0.717, 1.165) is 11.1 Å². The molecule has 2 aromatic rings. The Labute approximate surface area is 97.3 Å². The molecule has 0 aliphatic rings. The molecule has 1 heterocycles. The number of nitrogens with one attached hydrogen (secondary N) is 1. The Morgan fingerprint density at radius 2 is 2.06 bits per heavy atom. The largest absolute Gasteiger partial charge is 0.477 e. The molecule has 88 valence electrons. The molecule has 0 aliphatic carbocycles. The molecule has 0 radical (unpaired) electrons. The van der Waals surface area contributed by atoms with Crippen molar-refractivity contribution in [2.75, 3.05) is 0 Å². The highest BCUT2D eigenvalue weighted by Crippen LogP contribution is 2.15. The molecular weight excluding hydrogens is 220 g/mol. The predicted octanol–water partition coefficient (Wildman–Crippen LogP) is 1.48. The Kier molecular flexibility index (Phi) is 2.59. The van der Waals surface area contributed by atoms with Crippen molar-refractivity contribution >= 4 is 5.97 Å². The first-order chi connectivity index (χ1) is 8.02. The molecule has 0 aliphatic heterocycles. The van der Waals surface area contributed by atoms with E-state index in [2.05, 4.69) is 5.10 Å². The summed E-state index contributed by atoms with van der Waals surface area (Å²) in [7, 11) is 0. The maximum Gasteiger partial charge on any atom is 0.342 e. The zero-order chi connectivity index (χ0) is 12.6. The first-order valence-electron chi connectivity index (χ1n) is 5.12. The second kappa shape index (κ2) is 3.93. The Bertz CT molecular complexity index is 637. The summed E-state index contributed by atoms with van der Waals surface area (Å²) in [6.07, 6.45) is 1.20. The van der Waals surface area contributed by atoms with Crippen LogP contribution in [0.15, 0.2) is 29.2 Å². The van der Waals surface area contributed by atoms with Crippen molar-refractivity contribution < 1.29 is 9.90 Å². The number of H-pyrrole nitrogens is 1. The molecule has 1 aromatic heterocycles. The predicted molar refractivity (Wildman–Crippen MR) is 62.8 cm³/mol. The fourth-order valence-electron chi connectivity index (χ4n) is 1.68. The van der Waals surface area contributed by atoms with Gasteiger partial charge in [0.25, 0.3) is 5.56 Å².